The zero-order chi connectivity index (χ0) is 15.6. The second kappa shape index (κ2) is 6.63. The number of hydrogen-bond acceptors (Lipinski definition) is 5. The van der Waals surface area contributed by atoms with Crippen LogP contribution in [0.3, 0.4) is 0 Å². The highest BCUT2D eigenvalue weighted by molar-refractivity contribution is 5.81. The van der Waals surface area contributed by atoms with Crippen molar-refractivity contribution in [3.05, 3.63) is 24.2 Å². The van der Waals surface area contributed by atoms with Gasteiger partial charge in [0, 0.05) is 25.7 Å². The molecule has 0 bridgehead atoms. The molecule has 6 nitrogen and oxygen atoms in total. The molecule has 3 fully saturated rings. The number of likely N-dealkylation sites (tertiary alicyclic amines) is 1. The minimum absolute atomic E-state index is 0.149. The van der Waals surface area contributed by atoms with E-state index in [-0.39, 0.29) is 18.1 Å². The summed E-state index contributed by atoms with van der Waals surface area (Å²) in [6.07, 6.45) is 4.46. The van der Waals surface area contributed by atoms with Gasteiger partial charge in [-0.15, -0.1) is 0 Å². The molecule has 1 amide bonds. The summed E-state index contributed by atoms with van der Waals surface area (Å²) in [5, 5.41) is 0. The highest BCUT2D eigenvalue weighted by Gasteiger charge is 2.42. The van der Waals surface area contributed by atoms with E-state index in [1.54, 1.807) is 6.26 Å². The molecule has 4 heterocycles. The van der Waals surface area contributed by atoms with Crippen LogP contribution in [0.5, 0.6) is 0 Å². The molecule has 23 heavy (non-hydrogen) atoms. The van der Waals surface area contributed by atoms with Gasteiger partial charge in [0.1, 0.15) is 11.9 Å². The zero-order valence-electron chi connectivity index (χ0n) is 13.4. The quantitative estimate of drug-likeness (QED) is 0.839. The number of hydrogen-bond donors (Lipinski definition) is 0. The van der Waals surface area contributed by atoms with Gasteiger partial charge < -0.3 is 18.8 Å². The number of carbonyl (C=O) groups excluding carboxylic acids is 1. The normalized spacial score (nSPS) is 32.0. The largest absolute Gasteiger partial charge is 0.468 e. The Labute approximate surface area is 136 Å². The molecule has 6 heteroatoms. The molecule has 3 atom stereocenters. The second-order valence-electron chi connectivity index (χ2n) is 6.58. The third-order valence-electron chi connectivity index (χ3n) is 5.20. The van der Waals surface area contributed by atoms with E-state index in [4.69, 9.17) is 13.9 Å². The van der Waals surface area contributed by atoms with Gasteiger partial charge in [0.15, 0.2) is 0 Å². The molecule has 126 valence electrons. The highest BCUT2D eigenvalue weighted by Crippen LogP contribution is 2.33. The Morgan fingerprint density at radius 3 is 2.83 bits per heavy atom. The fraction of sp³-hybridized carbons (Fsp3) is 0.706. The molecular weight excluding hydrogens is 296 g/mol. The van der Waals surface area contributed by atoms with Crippen molar-refractivity contribution in [1.82, 2.24) is 9.80 Å². The van der Waals surface area contributed by atoms with Crippen LogP contribution in [0.4, 0.5) is 0 Å². The smallest absolute Gasteiger partial charge is 0.251 e. The molecule has 0 spiro atoms. The second-order valence-corrected chi connectivity index (χ2v) is 6.58. The van der Waals surface area contributed by atoms with E-state index in [2.05, 4.69) is 4.90 Å². The van der Waals surface area contributed by atoms with Crippen LogP contribution in [0.25, 0.3) is 0 Å². The van der Waals surface area contributed by atoms with Gasteiger partial charge in [-0.05, 0) is 31.4 Å². The molecular formula is C17H24N2O4. The van der Waals surface area contributed by atoms with Crippen LogP contribution in [-0.2, 0) is 20.8 Å². The summed E-state index contributed by atoms with van der Waals surface area (Å²) in [6.45, 7) is 4.51. The topological polar surface area (TPSA) is 55.2 Å². The van der Waals surface area contributed by atoms with Crippen LogP contribution in [0.15, 0.2) is 22.8 Å². The minimum Gasteiger partial charge on any atom is -0.468 e. The lowest BCUT2D eigenvalue weighted by Crippen LogP contribution is -2.51. The Bertz CT molecular complexity index is 527. The van der Waals surface area contributed by atoms with E-state index in [0.29, 0.717) is 32.3 Å². The van der Waals surface area contributed by atoms with Gasteiger partial charge in [-0.3, -0.25) is 9.69 Å². The van der Waals surface area contributed by atoms with Crippen molar-refractivity contribution in [1.29, 1.82) is 0 Å². The van der Waals surface area contributed by atoms with Crippen LogP contribution in [0.2, 0.25) is 0 Å². The zero-order valence-corrected chi connectivity index (χ0v) is 13.4. The van der Waals surface area contributed by atoms with Crippen LogP contribution < -0.4 is 0 Å². The molecule has 0 N–H and O–H groups in total. The van der Waals surface area contributed by atoms with E-state index in [1.165, 1.54) is 0 Å². The average Bonchev–Trinajstić information content (AvgIpc) is 3.25. The number of rotatable bonds is 3. The SMILES string of the molecule is O=C([C@@H]1CC[C@H]2[C@H](CCN2Cc2ccco2)O1)N1CCOCC1. The van der Waals surface area contributed by atoms with E-state index < -0.39 is 0 Å². The van der Waals surface area contributed by atoms with E-state index in [1.807, 2.05) is 17.0 Å². The van der Waals surface area contributed by atoms with Crippen molar-refractivity contribution in [2.75, 3.05) is 32.8 Å². The number of carbonyl (C=O) groups is 1. The molecule has 0 aliphatic carbocycles. The lowest BCUT2D eigenvalue weighted by Gasteiger charge is -2.37. The number of furan rings is 1. The lowest BCUT2D eigenvalue weighted by atomic mass is 9.98. The third kappa shape index (κ3) is 3.16. The van der Waals surface area contributed by atoms with Gasteiger partial charge in [0.25, 0.3) is 5.91 Å². The summed E-state index contributed by atoms with van der Waals surface area (Å²) in [6, 6.07) is 4.35. The maximum absolute atomic E-state index is 12.6. The van der Waals surface area contributed by atoms with Gasteiger partial charge in [-0.25, -0.2) is 0 Å². The number of morpholine rings is 1. The molecule has 1 aromatic heterocycles. The van der Waals surface area contributed by atoms with Gasteiger partial charge in [-0.2, -0.15) is 0 Å². The van der Waals surface area contributed by atoms with Crippen molar-refractivity contribution in [3.8, 4) is 0 Å². The molecule has 3 aliphatic rings. The van der Waals surface area contributed by atoms with Gasteiger partial charge in [0.05, 0.1) is 32.1 Å². The summed E-state index contributed by atoms with van der Waals surface area (Å²) in [5.41, 5.74) is 0. The van der Waals surface area contributed by atoms with Crippen LogP contribution >= 0.6 is 0 Å². The van der Waals surface area contributed by atoms with Crippen molar-refractivity contribution < 1.29 is 18.7 Å². The maximum atomic E-state index is 12.6. The first kappa shape index (κ1) is 15.2. The van der Waals surface area contributed by atoms with Crippen LogP contribution in [0.1, 0.15) is 25.0 Å². The molecule has 0 aromatic carbocycles. The minimum atomic E-state index is -0.266. The summed E-state index contributed by atoms with van der Waals surface area (Å²) < 4.78 is 16.9. The Balaban J connectivity index is 1.34. The van der Waals surface area contributed by atoms with Gasteiger partial charge in [-0.1, -0.05) is 0 Å². The Morgan fingerprint density at radius 1 is 1.17 bits per heavy atom. The molecule has 3 aliphatic heterocycles. The highest BCUT2D eigenvalue weighted by atomic mass is 16.5. The number of fused-ring (bicyclic) bond motifs is 1. The van der Waals surface area contributed by atoms with Crippen molar-refractivity contribution in [2.45, 2.75) is 44.1 Å². The van der Waals surface area contributed by atoms with E-state index in [9.17, 15) is 4.79 Å². The molecule has 4 rings (SSSR count). The number of ether oxygens (including phenoxy) is 2. The van der Waals surface area contributed by atoms with Crippen molar-refractivity contribution in [2.24, 2.45) is 0 Å². The maximum Gasteiger partial charge on any atom is 0.251 e. The van der Waals surface area contributed by atoms with Gasteiger partial charge in [0.2, 0.25) is 0 Å². The predicted octanol–water partition coefficient (Wildman–Crippen LogP) is 1.26. The molecule has 3 saturated heterocycles. The molecule has 1 aromatic rings. The Kier molecular flexibility index (Phi) is 4.37. The number of amides is 1. The van der Waals surface area contributed by atoms with E-state index >= 15 is 0 Å². The van der Waals surface area contributed by atoms with Gasteiger partial charge >= 0.3 is 0 Å². The monoisotopic (exact) mass is 320 g/mol. The lowest BCUT2D eigenvalue weighted by molar-refractivity contribution is -0.158. The summed E-state index contributed by atoms with van der Waals surface area (Å²) in [4.78, 5) is 16.9. The Morgan fingerprint density at radius 2 is 2.04 bits per heavy atom. The standard InChI is InChI=1S/C17H24N2O4/c20-17(18-7-10-21-11-8-18)16-4-3-14-15(23-16)5-6-19(14)12-13-2-1-9-22-13/h1-2,9,14-16H,3-8,10-12H2/t14-,15-,16-/m0/s1. The van der Waals surface area contributed by atoms with Crippen LogP contribution in [0, 0.1) is 0 Å². The molecule has 0 unspecified atom stereocenters. The molecule has 0 saturated carbocycles. The fourth-order valence-electron chi connectivity index (χ4n) is 3.98. The Hall–Kier alpha value is -1.37. The summed E-state index contributed by atoms with van der Waals surface area (Å²) in [5.74, 6) is 1.15. The van der Waals surface area contributed by atoms with Crippen molar-refractivity contribution >= 4 is 5.91 Å². The first-order valence-electron chi connectivity index (χ1n) is 8.60. The summed E-state index contributed by atoms with van der Waals surface area (Å²) in [7, 11) is 0. The van der Waals surface area contributed by atoms with Crippen molar-refractivity contribution in [3.63, 3.8) is 0 Å². The fourth-order valence-corrected chi connectivity index (χ4v) is 3.98. The average molecular weight is 320 g/mol. The predicted molar refractivity (Wildman–Crippen MR) is 82.8 cm³/mol. The first-order valence-corrected chi connectivity index (χ1v) is 8.60. The third-order valence-corrected chi connectivity index (χ3v) is 5.20. The van der Waals surface area contributed by atoms with E-state index in [0.717, 1.165) is 38.1 Å². The summed E-state index contributed by atoms with van der Waals surface area (Å²) >= 11 is 0. The molecule has 0 radical (unpaired) electrons. The first-order chi connectivity index (χ1) is 11.3. The number of nitrogens with zero attached hydrogens (tertiary/aromatic N) is 2. The van der Waals surface area contributed by atoms with Crippen LogP contribution in [-0.4, -0.2) is 66.8 Å².